The van der Waals surface area contributed by atoms with Gasteiger partial charge >= 0.3 is 0 Å². The van der Waals surface area contributed by atoms with Gasteiger partial charge in [0, 0.05) is 12.3 Å². The van der Waals surface area contributed by atoms with E-state index in [1.807, 2.05) is 0 Å². The lowest BCUT2D eigenvalue weighted by Gasteiger charge is -2.44. The summed E-state index contributed by atoms with van der Waals surface area (Å²) in [7, 11) is 1.54. The van der Waals surface area contributed by atoms with Crippen molar-refractivity contribution in [3.05, 3.63) is 29.8 Å². The van der Waals surface area contributed by atoms with Crippen LogP contribution < -0.4 is 4.74 Å². The molecule has 0 saturated heterocycles. The second kappa shape index (κ2) is 6.24. The van der Waals surface area contributed by atoms with Gasteiger partial charge in [-0.25, -0.2) is 0 Å². The van der Waals surface area contributed by atoms with E-state index < -0.39 is 23.4 Å². The fourth-order valence-corrected chi connectivity index (χ4v) is 3.73. The highest BCUT2D eigenvalue weighted by atomic mass is 16.5. The van der Waals surface area contributed by atoms with Gasteiger partial charge in [0.2, 0.25) is 0 Å². The Morgan fingerprint density at radius 1 is 1.17 bits per heavy atom. The Kier molecular flexibility index (Phi) is 4.71. The zero-order chi connectivity index (χ0) is 17.4. The average molecular weight is 318 g/mol. The average Bonchev–Trinajstić information content (AvgIpc) is 2.44. The van der Waals surface area contributed by atoms with Crippen molar-refractivity contribution in [2.75, 3.05) is 7.11 Å². The van der Waals surface area contributed by atoms with Crippen LogP contribution in [0.25, 0.3) is 0 Å². The molecule has 1 aliphatic rings. The number of methoxy groups -OCH3 is 1. The van der Waals surface area contributed by atoms with Gasteiger partial charge in [-0.1, -0.05) is 12.1 Å². The maximum Gasteiger partial charge on any atom is 0.146 e. The molecule has 5 nitrogen and oxygen atoms in total. The normalized spacial score (nSPS) is 30.8. The molecule has 0 aliphatic heterocycles. The van der Waals surface area contributed by atoms with Gasteiger partial charge in [0.25, 0.3) is 0 Å². The van der Waals surface area contributed by atoms with Crippen molar-refractivity contribution in [3.8, 4) is 5.75 Å². The zero-order valence-electron chi connectivity index (χ0n) is 13.8. The molecule has 0 heterocycles. The highest BCUT2D eigenvalue weighted by Gasteiger charge is 2.53. The van der Waals surface area contributed by atoms with Gasteiger partial charge in [0.1, 0.15) is 23.1 Å². The molecule has 124 valence electrons. The highest BCUT2D eigenvalue weighted by Crippen LogP contribution is 2.46. The van der Waals surface area contributed by atoms with Gasteiger partial charge in [-0.15, -0.1) is 0 Å². The molecule has 1 N–H and O–H groups in total. The number of benzene rings is 1. The number of hydrogen-bond acceptors (Lipinski definition) is 5. The zero-order valence-corrected chi connectivity index (χ0v) is 13.8. The van der Waals surface area contributed by atoms with Gasteiger partial charge in [-0.2, -0.15) is 0 Å². The summed E-state index contributed by atoms with van der Waals surface area (Å²) in [6, 6.07) is 6.92. The first-order chi connectivity index (χ1) is 10.7. The smallest absolute Gasteiger partial charge is 0.146 e. The van der Waals surface area contributed by atoms with E-state index in [0.29, 0.717) is 11.3 Å². The summed E-state index contributed by atoms with van der Waals surface area (Å²) in [6.07, 6.45) is -0.186. The molecule has 5 heteroatoms. The van der Waals surface area contributed by atoms with Crippen LogP contribution >= 0.6 is 0 Å². The Labute approximate surface area is 135 Å². The third-order valence-electron chi connectivity index (χ3n) is 4.64. The van der Waals surface area contributed by atoms with Crippen LogP contribution in [0.1, 0.15) is 38.7 Å². The lowest BCUT2D eigenvalue weighted by molar-refractivity contribution is -0.151. The Morgan fingerprint density at radius 3 is 2.17 bits per heavy atom. The molecule has 0 unspecified atom stereocenters. The molecule has 0 bridgehead atoms. The summed E-state index contributed by atoms with van der Waals surface area (Å²) in [5, 5.41) is 10.6. The van der Waals surface area contributed by atoms with E-state index in [1.54, 1.807) is 31.4 Å². The van der Waals surface area contributed by atoms with E-state index in [0.717, 1.165) is 0 Å². The van der Waals surface area contributed by atoms with Gasteiger partial charge < -0.3 is 9.84 Å². The molecule has 2 rings (SSSR count). The molecule has 1 aromatic rings. The Bertz CT molecular complexity index is 629. The molecule has 0 spiro atoms. The largest absolute Gasteiger partial charge is 0.497 e. The van der Waals surface area contributed by atoms with Gasteiger partial charge in [-0.3, -0.25) is 14.4 Å². The topological polar surface area (TPSA) is 80.7 Å². The molecule has 1 fully saturated rings. The number of hydrogen-bond donors (Lipinski definition) is 1. The van der Waals surface area contributed by atoms with Gasteiger partial charge in [-0.05, 0) is 38.5 Å². The standard InChI is InChI=1S/C18H22O5/c1-10(19)15-14(21)9-18(3,22)17(11(2)20)16(15)12-5-7-13(23-4)8-6-12/h5-8,15-17,22H,9H2,1-4H3/t15-,16+,17-,18-/m0/s1. The minimum atomic E-state index is -1.46. The molecule has 1 aliphatic carbocycles. The first-order valence-corrected chi connectivity index (χ1v) is 7.59. The van der Waals surface area contributed by atoms with Crippen LogP contribution in [-0.2, 0) is 14.4 Å². The van der Waals surface area contributed by atoms with Crippen molar-refractivity contribution in [1.29, 1.82) is 0 Å². The lowest BCUT2D eigenvalue weighted by Crippen LogP contribution is -2.53. The molecule has 23 heavy (non-hydrogen) atoms. The summed E-state index contributed by atoms with van der Waals surface area (Å²) >= 11 is 0. The minimum absolute atomic E-state index is 0.186. The van der Waals surface area contributed by atoms with E-state index in [-0.39, 0.29) is 23.8 Å². The van der Waals surface area contributed by atoms with Crippen molar-refractivity contribution in [1.82, 2.24) is 0 Å². The predicted molar refractivity (Wildman–Crippen MR) is 84.3 cm³/mol. The molecule has 0 aromatic heterocycles. The second-order valence-electron chi connectivity index (χ2n) is 6.48. The van der Waals surface area contributed by atoms with Crippen LogP contribution in [0.5, 0.6) is 5.75 Å². The number of aliphatic hydroxyl groups is 1. The Hall–Kier alpha value is -2.01. The van der Waals surface area contributed by atoms with Crippen molar-refractivity contribution >= 4 is 17.3 Å². The summed E-state index contributed by atoms with van der Waals surface area (Å²) in [6.45, 7) is 4.24. The summed E-state index contributed by atoms with van der Waals surface area (Å²) in [4.78, 5) is 36.7. The van der Waals surface area contributed by atoms with Crippen LogP contribution in [0.3, 0.4) is 0 Å². The van der Waals surface area contributed by atoms with Crippen LogP contribution in [0.4, 0.5) is 0 Å². The number of rotatable bonds is 4. The highest BCUT2D eigenvalue weighted by molar-refractivity contribution is 6.05. The number of carbonyl (C=O) groups is 3. The van der Waals surface area contributed by atoms with Gasteiger partial charge in [0.15, 0.2) is 0 Å². The maximum absolute atomic E-state index is 12.4. The molecular formula is C18H22O5. The van der Waals surface area contributed by atoms with E-state index in [1.165, 1.54) is 20.8 Å². The molecule has 0 radical (unpaired) electrons. The summed E-state index contributed by atoms with van der Waals surface area (Å²) in [5.74, 6) is -2.55. The monoisotopic (exact) mass is 318 g/mol. The van der Waals surface area contributed by atoms with Crippen molar-refractivity contribution in [2.45, 2.75) is 38.7 Å². The number of carbonyl (C=O) groups excluding carboxylic acids is 3. The van der Waals surface area contributed by atoms with E-state index >= 15 is 0 Å². The molecule has 1 aromatic carbocycles. The lowest BCUT2D eigenvalue weighted by atomic mass is 9.60. The molecule has 1 saturated carbocycles. The number of ketones is 3. The first-order valence-electron chi connectivity index (χ1n) is 7.59. The molecule has 0 amide bonds. The second-order valence-corrected chi connectivity index (χ2v) is 6.48. The summed E-state index contributed by atoms with van der Waals surface area (Å²) < 4.78 is 5.12. The van der Waals surface area contributed by atoms with Crippen LogP contribution in [0, 0.1) is 11.8 Å². The summed E-state index contributed by atoms with van der Waals surface area (Å²) in [5.41, 5.74) is -0.779. The maximum atomic E-state index is 12.4. The quantitative estimate of drug-likeness (QED) is 0.858. The third-order valence-corrected chi connectivity index (χ3v) is 4.64. The SMILES string of the molecule is COc1ccc([C@@H]2[C@@H](C(C)=O)C(=O)C[C@](C)(O)[C@H]2C(C)=O)cc1. The van der Waals surface area contributed by atoms with Crippen molar-refractivity contribution in [2.24, 2.45) is 11.8 Å². The van der Waals surface area contributed by atoms with Crippen molar-refractivity contribution < 1.29 is 24.2 Å². The first kappa shape index (κ1) is 17.3. The Balaban J connectivity index is 2.58. The van der Waals surface area contributed by atoms with E-state index in [9.17, 15) is 19.5 Å². The minimum Gasteiger partial charge on any atom is -0.497 e. The van der Waals surface area contributed by atoms with Crippen LogP contribution in [0.15, 0.2) is 24.3 Å². The third kappa shape index (κ3) is 3.20. The fourth-order valence-electron chi connectivity index (χ4n) is 3.73. The number of Topliss-reactive ketones (excluding diaryl/α,β-unsaturated/α-hetero) is 3. The van der Waals surface area contributed by atoms with Gasteiger partial charge in [0.05, 0.1) is 24.5 Å². The van der Waals surface area contributed by atoms with Crippen molar-refractivity contribution in [3.63, 3.8) is 0 Å². The van der Waals surface area contributed by atoms with E-state index in [4.69, 9.17) is 4.74 Å². The molecule has 4 atom stereocenters. The Morgan fingerprint density at radius 2 is 1.74 bits per heavy atom. The fraction of sp³-hybridized carbons (Fsp3) is 0.500. The molecular weight excluding hydrogens is 296 g/mol. The van der Waals surface area contributed by atoms with E-state index in [2.05, 4.69) is 0 Å². The van der Waals surface area contributed by atoms with Crippen LogP contribution in [0.2, 0.25) is 0 Å². The number of ether oxygens (including phenoxy) is 1. The predicted octanol–water partition coefficient (Wildman–Crippen LogP) is 1.91. The van der Waals surface area contributed by atoms with Crippen LogP contribution in [-0.4, -0.2) is 35.2 Å².